The summed E-state index contributed by atoms with van der Waals surface area (Å²) in [7, 11) is 0. The number of aromatic nitrogens is 2. The first-order valence-electron chi connectivity index (χ1n) is 11.9. The fourth-order valence-corrected chi connectivity index (χ4v) is 4.40. The Balaban J connectivity index is 1.37. The van der Waals surface area contributed by atoms with Crippen molar-refractivity contribution in [1.82, 2.24) is 14.9 Å². The summed E-state index contributed by atoms with van der Waals surface area (Å²) in [6.45, 7) is 3.80. The molecule has 184 valence electrons. The first-order valence-corrected chi connectivity index (χ1v) is 11.9. The van der Waals surface area contributed by atoms with E-state index in [2.05, 4.69) is 20.6 Å². The van der Waals surface area contributed by atoms with E-state index in [4.69, 9.17) is 0 Å². The van der Waals surface area contributed by atoms with Crippen LogP contribution >= 0.6 is 0 Å². The van der Waals surface area contributed by atoms with Crippen LogP contribution in [0, 0.1) is 13.8 Å². The molecule has 2 heterocycles. The van der Waals surface area contributed by atoms with Gasteiger partial charge in [-0.1, -0.05) is 42.5 Å². The molecule has 1 unspecified atom stereocenters. The number of benzene rings is 3. The predicted molar refractivity (Wildman–Crippen MR) is 141 cm³/mol. The molecule has 1 aliphatic rings. The summed E-state index contributed by atoms with van der Waals surface area (Å²) < 4.78 is 0. The number of nitrogens with one attached hydrogen (secondary N) is 2. The van der Waals surface area contributed by atoms with Crippen LogP contribution in [0.25, 0.3) is 0 Å². The Morgan fingerprint density at radius 2 is 1.32 bits per heavy atom. The first-order chi connectivity index (χ1) is 17.9. The maximum Gasteiger partial charge on any atom is 0.262 e. The van der Waals surface area contributed by atoms with Crippen molar-refractivity contribution in [2.45, 2.75) is 26.3 Å². The van der Waals surface area contributed by atoms with Crippen LogP contribution in [0.1, 0.15) is 37.7 Å². The Morgan fingerprint density at radius 3 is 1.92 bits per heavy atom. The highest BCUT2D eigenvalue weighted by Gasteiger charge is 2.42. The van der Waals surface area contributed by atoms with Crippen molar-refractivity contribution in [1.29, 1.82) is 0 Å². The van der Waals surface area contributed by atoms with Crippen molar-refractivity contribution in [2.24, 2.45) is 0 Å². The quantitative estimate of drug-likeness (QED) is 0.364. The van der Waals surface area contributed by atoms with Gasteiger partial charge in [0.25, 0.3) is 11.8 Å². The van der Waals surface area contributed by atoms with Gasteiger partial charge in [-0.15, -0.1) is 0 Å². The minimum absolute atomic E-state index is 0.196. The lowest BCUT2D eigenvalue weighted by atomic mass is 10.0. The van der Waals surface area contributed by atoms with Crippen molar-refractivity contribution in [3.05, 3.63) is 113 Å². The zero-order chi connectivity index (χ0) is 25.9. The fraction of sp³-hybridized carbons (Fsp3) is 0.138. The number of fused-ring (bicyclic) bond motifs is 1. The van der Waals surface area contributed by atoms with E-state index in [0.29, 0.717) is 22.8 Å². The molecule has 0 saturated carbocycles. The third-order valence-electron chi connectivity index (χ3n) is 6.10. The van der Waals surface area contributed by atoms with Gasteiger partial charge in [0, 0.05) is 29.2 Å². The second-order valence-electron chi connectivity index (χ2n) is 8.90. The van der Waals surface area contributed by atoms with Gasteiger partial charge in [-0.25, -0.2) is 9.97 Å². The molecule has 3 amide bonds. The van der Waals surface area contributed by atoms with E-state index in [1.54, 1.807) is 48.5 Å². The molecule has 1 atom stereocenters. The van der Waals surface area contributed by atoms with Gasteiger partial charge >= 0.3 is 0 Å². The molecule has 0 bridgehead atoms. The number of anilines is 3. The Kier molecular flexibility index (Phi) is 6.47. The molecular weight excluding hydrogens is 466 g/mol. The van der Waals surface area contributed by atoms with Crippen LogP contribution in [0.5, 0.6) is 0 Å². The number of nitrogens with zero attached hydrogens (tertiary/aromatic N) is 3. The molecule has 1 aliphatic heterocycles. The molecule has 4 aromatic rings. The zero-order valence-electron chi connectivity index (χ0n) is 20.4. The van der Waals surface area contributed by atoms with Crippen LogP contribution < -0.4 is 10.6 Å². The second-order valence-corrected chi connectivity index (χ2v) is 8.90. The van der Waals surface area contributed by atoms with Gasteiger partial charge < -0.3 is 10.6 Å². The normalized spacial score (nSPS) is 13.3. The molecule has 8 nitrogen and oxygen atoms in total. The Bertz CT molecular complexity index is 1430. The SMILES string of the molecule is Cc1cc(C)nc(Nc2ccc(NC(=O)C(Cc3ccccc3)N3C(=O)c4ccccc4C3=O)cc2)n1. The molecule has 3 aromatic carbocycles. The van der Waals surface area contributed by atoms with Crippen LogP contribution in [-0.4, -0.2) is 38.6 Å². The first kappa shape index (κ1) is 23.9. The number of hydrogen-bond acceptors (Lipinski definition) is 6. The molecule has 5 rings (SSSR count). The van der Waals surface area contributed by atoms with Gasteiger partial charge in [-0.2, -0.15) is 0 Å². The van der Waals surface area contributed by atoms with E-state index < -0.39 is 23.8 Å². The van der Waals surface area contributed by atoms with E-state index >= 15 is 0 Å². The highest BCUT2D eigenvalue weighted by molar-refractivity contribution is 6.23. The maximum atomic E-state index is 13.5. The standard InChI is InChI=1S/C29H25N5O3/c1-18-16-19(2)31-29(30-18)33-22-14-12-21(13-15-22)32-26(35)25(17-20-8-4-3-5-9-20)34-27(36)23-10-6-7-11-24(23)28(34)37/h3-16,25H,17H2,1-2H3,(H,32,35)(H,30,31,33). The Hall–Kier alpha value is -4.85. The molecular formula is C29H25N5O3. The molecule has 0 radical (unpaired) electrons. The lowest BCUT2D eigenvalue weighted by Crippen LogP contribution is -2.48. The van der Waals surface area contributed by atoms with Crippen molar-refractivity contribution < 1.29 is 14.4 Å². The lowest BCUT2D eigenvalue weighted by molar-refractivity contribution is -0.119. The lowest BCUT2D eigenvalue weighted by Gasteiger charge is -2.25. The summed E-state index contributed by atoms with van der Waals surface area (Å²) in [5.74, 6) is -0.895. The molecule has 1 aromatic heterocycles. The molecule has 37 heavy (non-hydrogen) atoms. The van der Waals surface area contributed by atoms with E-state index in [0.717, 1.165) is 27.5 Å². The Labute approximate surface area is 214 Å². The fourth-order valence-electron chi connectivity index (χ4n) is 4.40. The van der Waals surface area contributed by atoms with Gasteiger partial charge in [0.15, 0.2) is 0 Å². The third-order valence-corrected chi connectivity index (χ3v) is 6.10. The van der Waals surface area contributed by atoms with Gasteiger partial charge in [-0.05, 0) is 61.9 Å². The van der Waals surface area contributed by atoms with E-state index in [1.807, 2.05) is 50.2 Å². The maximum absolute atomic E-state index is 13.5. The predicted octanol–water partition coefficient (Wildman–Crippen LogP) is 4.68. The summed E-state index contributed by atoms with van der Waals surface area (Å²) in [5, 5.41) is 6.03. The molecule has 8 heteroatoms. The summed E-state index contributed by atoms with van der Waals surface area (Å²) in [6, 6.07) is 23.9. The van der Waals surface area contributed by atoms with Crippen LogP contribution in [0.15, 0.2) is 84.9 Å². The van der Waals surface area contributed by atoms with Crippen LogP contribution in [0.4, 0.5) is 17.3 Å². The van der Waals surface area contributed by atoms with Crippen LogP contribution in [0.3, 0.4) is 0 Å². The highest BCUT2D eigenvalue weighted by Crippen LogP contribution is 2.27. The minimum atomic E-state index is -1.02. The number of amides is 3. The summed E-state index contributed by atoms with van der Waals surface area (Å²) >= 11 is 0. The van der Waals surface area contributed by atoms with Crippen molar-refractivity contribution in [2.75, 3.05) is 10.6 Å². The van der Waals surface area contributed by atoms with Gasteiger partial charge in [0.1, 0.15) is 6.04 Å². The summed E-state index contributed by atoms with van der Waals surface area (Å²) in [4.78, 5) is 49.7. The molecule has 2 N–H and O–H groups in total. The number of rotatable bonds is 7. The van der Waals surface area contributed by atoms with Crippen LogP contribution in [0.2, 0.25) is 0 Å². The van der Waals surface area contributed by atoms with Gasteiger partial charge in [0.2, 0.25) is 11.9 Å². The summed E-state index contributed by atoms with van der Waals surface area (Å²) in [6.07, 6.45) is 0.196. The average molecular weight is 492 g/mol. The van der Waals surface area contributed by atoms with E-state index in [9.17, 15) is 14.4 Å². The Morgan fingerprint density at radius 1 is 0.784 bits per heavy atom. The summed E-state index contributed by atoms with van der Waals surface area (Å²) in [5.41, 5.74) is 4.46. The molecule has 0 aliphatic carbocycles. The third kappa shape index (κ3) is 5.08. The number of carbonyl (C=O) groups excluding carboxylic acids is 3. The van der Waals surface area contributed by atoms with E-state index in [-0.39, 0.29) is 6.42 Å². The number of hydrogen-bond donors (Lipinski definition) is 2. The van der Waals surface area contributed by atoms with Crippen molar-refractivity contribution in [3.63, 3.8) is 0 Å². The monoisotopic (exact) mass is 491 g/mol. The van der Waals surface area contributed by atoms with Crippen LogP contribution in [-0.2, 0) is 11.2 Å². The second kappa shape index (κ2) is 10.0. The van der Waals surface area contributed by atoms with Gasteiger partial charge in [-0.3, -0.25) is 19.3 Å². The number of carbonyl (C=O) groups is 3. The smallest absolute Gasteiger partial charge is 0.262 e. The molecule has 0 saturated heterocycles. The largest absolute Gasteiger partial charge is 0.324 e. The van der Waals surface area contributed by atoms with Crippen molar-refractivity contribution in [3.8, 4) is 0 Å². The average Bonchev–Trinajstić information content (AvgIpc) is 3.13. The molecule has 0 spiro atoms. The highest BCUT2D eigenvalue weighted by atomic mass is 16.2. The minimum Gasteiger partial charge on any atom is -0.324 e. The zero-order valence-corrected chi connectivity index (χ0v) is 20.4. The van der Waals surface area contributed by atoms with E-state index in [1.165, 1.54) is 0 Å². The van der Waals surface area contributed by atoms with Gasteiger partial charge in [0.05, 0.1) is 11.1 Å². The van der Waals surface area contributed by atoms with Crippen molar-refractivity contribution >= 4 is 35.0 Å². The number of aryl methyl sites for hydroxylation is 2. The molecule has 0 fully saturated rings. The topological polar surface area (TPSA) is 104 Å². The number of imide groups is 1.